The summed E-state index contributed by atoms with van der Waals surface area (Å²) in [6, 6.07) is 5.01. The highest BCUT2D eigenvalue weighted by Crippen LogP contribution is 2.28. The van der Waals surface area contributed by atoms with Crippen LogP contribution in [0.3, 0.4) is 0 Å². The first-order chi connectivity index (χ1) is 9.24. The molecule has 19 heavy (non-hydrogen) atoms. The molecule has 0 N–H and O–H groups in total. The average molecular weight is 262 g/mol. The van der Waals surface area contributed by atoms with Crippen LogP contribution in [0.25, 0.3) is 0 Å². The van der Waals surface area contributed by atoms with Gasteiger partial charge in [-0.2, -0.15) is 0 Å². The van der Waals surface area contributed by atoms with Gasteiger partial charge in [0, 0.05) is 0 Å². The summed E-state index contributed by atoms with van der Waals surface area (Å²) >= 11 is 0. The number of carbonyl (C=O) groups is 1. The van der Waals surface area contributed by atoms with E-state index in [1.807, 2.05) is 6.08 Å². The van der Waals surface area contributed by atoms with Gasteiger partial charge in [-0.1, -0.05) is 6.08 Å². The molecule has 0 bridgehead atoms. The third-order valence-corrected chi connectivity index (χ3v) is 3.09. The van der Waals surface area contributed by atoms with E-state index >= 15 is 0 Å². The molecular formula is C15H18O4. The molecule has 0 spiro atoms. The number of esters is 1. The average Bonchev–Trinajstić information content (AvgIpc) is 2.47. The summed E-state index contributed by atoms with van der Waals surface area (Å²) in [6.07, 6.45) is 6.88. The molecular weight excluding hydrogens is 244 g/mol. The quantitative estimate of drug-likeness (QED) is 0.618. The SMILES string of the molecule is COc1ccc(C(=O)OC2C=CCCC2)cc1OC. The van der Waals surface area contributed by atoms with Crippen molar-refractivity contribution >= 4 is 5.97 Å². The van der Waals surface area contributed by atoms with Gasteiger partial charge in [0.25, 0.3) is 0 Å². The molecule has 4 nitrogen and oxygen atoms in total. The summed E-state index contributed by atoms with van der Waals surface area (Å²) in [7, 11) is 3.10. The largest absolute Gasteiger partial charge is 0.493 e. The third-order valence-electron chi connectivity index (χ3n) is 3.09. The Hall–Kier alpha value is -1.97. The van der Waals surface area contributed by atoms with Crippen LogP contribution >= 0.6 is 0 Å². The van der Waals surface area contributed by atoms with Gasteiger partial charge in [-0.05, 0) is 43.5 Å². The van der Waals surface area contributed by atoms with Crippen LogP contribution in [-0.2, 0) is 4.74 Å². The Morgan fingerprint density at radius 1 is 1.21 bits per heavy atom. The van der Waals surface area contributed by atoms with Crippen molar-refractivity contribution in [3.05, 3.63) is 35.9 Å². The van der Waals surface area contributed by atoms with Gasteiger partial charge in [-0.3, -0.25) is 0 Å². The summed E-state index contributed by atoms with van der Waals surface area (Å²) in [5.41, 5.74) is 0.469. The zero-order valence-electron chi connectivity index (χ0n) is 11.2. The maximum Gasteiger partial charge on any atom is 0.338 e. The number of ether oxygens (including phenoxy) is 3. The van der Waals surface area contributed by atoms with E-state index in [-0.39, 0.29) is 12.1 Å². The lowest BCUT2D eigenvalue weighted by atomic mass is 10.1. The highest BCUT2D eigenvalue weighted by Gasteiger charge is 2.17. The van der Waals surface area contributed by atoms with Crippen molar-refractivity contribution in [1.29, 1.82) is 0 Å². The molecule has 1 unspecified atom stereocenters. The second-order valence-electron chi connectivity index (χ2n) is 4.37. The highest BCUT2D eigenvalue weighted by molar-refractivity contribution is 5.90. The number of methoxy groups -OCH3 is 2. The molecule has 4 heteroatoms. The second-order valence-corrected chi connectivity index (χ2v) is 4.37. The summed E-state index contributed by atoms with van der Waals surface area (Å²) in [5.74, 6) is 0.783. The van der Waals surface area contributed by atoms with E-state index in [9.17, 15) is 4.79 Å². The Labute approximate surface area is 113 Å². The van der Waals surface area contributed by atoms with Crippen molar-refractivity contribution in [2.75, 3.05) is 14.2 Å². The number of allylic oxidation sites excluding steroid dienone is 1. The Morgan fingerprint density at radius 3 is 2.63 bits per heavy atom. The van der Waals surface area contributed by atoms with E-state index in [1.165, 1.54) is 7.11 Å². The van der Waals surface area contributed by atoms with E-state index in [2.05, 4.69) is 6.08 Å². The fourth-order valence-electron chi connectivity index (χ4n) is 2.05. The predicted molar refractivity (Wildman–Crippen MR) is 71.7 cm³/mol. The topological polar surface area (TPSA) is 44.8 Å². The van der Waals surface area contributed by atoms with Gasteiger partial charge < -0.3 is 14.2 Å². The number of carbonyl (C=O) groups excluding carboxylic acids is 1. The Morgan fingerprint density at radius 2 is 2.00 bits per heavy atom. The lowest BCUT2D eigenvalue weighted by Gasteiger charge is -2.17. The zero-order valence-corrected chi connectivity index (χ0v) is 11.2. The molecule has 102 valence electrons. The standard InChI is InChI=1S/C15H18O4/c1-17-13-9-8-11(10-14(13)18-2)15(16)19-12-6-4-3-5-7-12/h4,6,8-10,12H,3,5,7H2,1-2H3. The van der Waals surface area contributed by atoms with Crippen LogP contribution in [0.4, 0.5) is 0 Å². The number of benzene rings is 1. The number of hydrogen-bond donors (Lipinski definition) is 0. The Balaban J connectivity index is 2.10. The van der Waals surface area contributed by atoms with Gasteiger partial charge in [0.05, 0.1) is 19.8 Å². The normalized spacial score (nSPS) is 17.9. The molecule has 0 heterocycles. The fourth-order valence-corrected chi connectivity index (χ4v) is 2.05. The van der Waals surface area contributed by atoms with Gasteiger partial charge in [0.1, 0.15) is 6.10 Å². The first-order valence-corrected chi connectivity index (χ1v) is 6.34. The van der Waals surface area contributed by atoms with E-state index in [1.54, 1.807) is 25.3 Å². The minimum absolute atomic E-state index is 0.116. The zero-order chi connectivity index (χ0) is 13.7. The molecule has 1 aromatic carbocycles. The van der Waals surface area contributed by atoms with Crippen molar-refractivity contribution in [2.24, 2.45) is 0 Å². The van der Waals surface area contributed by atoms with E-state index in [0.29, 0.717) is 17.1 Å². The highest BCUT2D eigenvalue weighted by atomic mass is 16.5. The van der Waals surface area contributed by atoms with Crippen molar-refractivity contribution in [1.82, 2.24) is 0 Å². The van der Waals surface area contributed by atoms with Crippen molar-refractivity contribution in [2.45, 2.75) is 25.4 Å². The van der Waals surface area contributed by atoms with E-state index in [4.69, 9.17) is 14.2 Å². The summed E-state index contributed by atoms with van der Waals surface area (Å²) in [6.45, 7) is 0. The van der Waals surface area contributed by atoms with Gasteiger partial charge in [-0.15, -0.1) is 0 Å². The molecule has 0 amide bonds. The molecule has 0 radical (unpaired) electrons. The second kappa shape index (κ2) is 6.27. The minimum Gasteiger partial charge on any atom is -0.493 e. The molecule has 1 aliphatic carbocycles. The van der Waals surface area contributed by atoms with E-state index in [0.717, 1.165) is 19.3 Å². The summed E-state index contributed by atoms with van der Waals surface area (Å²) in [4.78, 5) is 12.0. The van der Waals surface area contributed by atoms with Crippen LogP contribution in [0, 0.1) is 0 Å². The molecule has 1 atom stereocenters. The van der Waals surface area contributed by atoms with Gasteiger partial charge >= 0.3 is 5.97 Å². The number of hydrogen-bond acceptors (Lipinski definition) is 4. The fraction of sp³-hybridized carbons (Fsp3) is 0.400. The molecule has 0 fully saturated rings. The lowest BCUT2D eigenvalue weighted by Crippen LogP contribution is -2.17. The summed E-state index contributed by atoms with van der Waals surface area (Å²) in [5, 5.41) is 0. The van der Waals surface area contributed by atoms with Crippen LogP contribution < -0.4 is 9.47 Å². The maximum absolute atomic E-state index is 12.0. The van der Waals surface area contributed by atoms with Crippen molar-refractivity contribution in [3.63, 3.8) is 0 Å². The Bertz CT molecular complexity index is 479. The van der Waals surface area contributed by atoms with Crippen molar-refractivity contribution < 1.29 is 19.0 Å². The van der Waals surface area contributed by atoms with Crippen LogP contribution in [0.1, 0.15) is 29.6 Å². The molecule has 0 saturated heterocycles. The van der Waals surface area contributed by atoms with E-state index < -0.39 is 0 Å². The van der Waals surface area contributed by atoms with Crippen molar-refractivity contribution in [3.8, 4) is 11.5 Å². The van der Waals surface area contributed by atoms with Crippen LogP contribution in [0.15, 0.2) is 30.4 Å². The molecule has 1 aromatic rings. The van der Waals surface area contributed by atoms with Crippen LogP contribution in [0.2, 0.25) is 0 Å². The van der Waals surface area contributed by atoms with Gasteiger partial charge in [0.15, 0.2) is 11.5 Å². The monoisotopic (exact) mass is 262 g/mol. The lowest BCUT2D eigenvalue weighted by molar-refractivity contribution is 0.0369. The first-order valence-electron chi connectivity index (χ1n) is 6.34. The molecule has 0 aromatic heterocycles. The van der Waals surface area contributed by atoms with Gasteiger partial charge in [-0.25, -0.2) is 4.79 Å². The molecule has 0 saturated carbocycles. The smallest absolute Gasteiger partial charge is 0.338 e. The van der Waals surface area contributed by atoms with Crippen LogP contribution in [0.5, 0.6) is 11.5 Å². The van der Waals surface area contributed by atoms with Gasteiger partial charge in [0.2, 0.25) is 0 Å². The first kappa shape index (κ1) is 13.5. The molecule has 0 aliphatic heterocycles. The third kappa shape index (κ3) is 3.28. The molecule has 1 aliphatic rings. The molecule has 2 rings (SSSR count). The summed E-state index contributed by atoms with van der Waals surface area (Å²) < 4.78 is 15.7. The van der Waals surface area contributed by atoms with Crippen LogP contribution in [-0.4, -0.2) is 26.3 Å². The number of rotatable bonds is 4. The Kier molecular flexibility index (Phi) is 4.44. The predicted octanol–water partition coefficient (Wildman–Crippen LogP) is 2.97. The maximum atomic E-state index is 12.0. The minimum atomic E-state index is -0.336.